The van der Waals surface area contributed by atoms with E-state index in [2.05, 4.69) is 16.0 Å². The maximum absolute atomic E-state index is 9.95. The molecule has 0 radical (unpaired) electrons. The number of anilines is 1. The summed E-state index contributed by atoms with van der Waals surface area (Å²) in [5.74, 6) is 0. The first-order valence-corrected chi connectivity index (χ1v) is 4.23. The van der Waals surface area contributed by atoms with Crippen molar-refractivity contribution in [3.8, 4) is 0 Å². The van der Waals surface area contributed by atoms with Crippen LogP contribution in [-0.4, -0.2) is 6.54 Å². The highest BCUT2D eigenvalue weighted by Crippen LogP contribution is 2.08. The van der Waals surface area contributed by atoms with Gasteiger partial charge in [0.2, 0.25) is 0 Å². The molecule has 1 rings (SSSR count). The van der Waals surface area contributed by atoms with Crippen molar-refractivity contribution in [2.75, 3.05) is 12.0 Å². The molecule has 2 N–H and O–H groups in total. The van der Waals surface area contributed by atoms with Gasteiger partial charge in [-0.25, -0.2) is 5.43 Å². The van der Waals surface area contributed by atoms with Crippen LogP contribution >= 0.6 is 0 Å². The Hall–Kier alpha value is -1.42. The minimum absolute atomic E-state index is 0.238. The van der Waals surface area contributed by atoms with Crippen molar-refractivity contribution < 1.29 is 0 Å². The summed E-state index contributed by atoms with van der Waals surface area (Å²) in [6, 6.07) is 7.56. The lowest BCUT2D eigenvalue weighted by molar-refractivity contribution is 0.844. The summed E-state index contributed by atoms with van der Waals surface area (Å²) < 4.78 is 0. The summed E-state index contributed by atoms with van der Waals surface area (Å²) in [5, 5.41) is 2.81. The first-order chi connectivity index (χ1) is 6.36. The van der Waals surface area contributed by atoms with Crippen molar-refractivity contribution in [1.82, 2.24) is 5.43 Å². The number of nitroso groups, excluding NO2 is 1. The summed E-state index contributed by atoms with van der Waals surface area (Å²) >= 11 is 0. The molecule has 0 aliphatic carbocycles. The summed E-state index contributed by atoms with van der Waals surface area (Å²) in [6.45, 7) is 3.11. The Balaban J connectivity index is 2.53. The number of nitrogens with one attached hydrogen (secondary N) is 2. The van der Waals surface area contributed by atoms with Gasteiger partial charge in [0.15, 0.2) is 0 Å². The van der Waals surface area contributed by atoms with Crippen LogP contribution in [-0.2, 0) is 6.54 Å². The van der Waals surface area contributed by atoms with Crippen LogP contribution in [0.25, 0.3) is 0 Å². The molecule has 0 heterocycles. The normalized spacial score (nSPS) is 9.62. The topological polar surface area (TPSA) is 53.5 Å². The molecule has 0 amide bonds. The van der Waals surface area contributed by atoms with Gasteiger partial charge >= 0.3 is 0 Å². The van der Waals surface area contributed by atoms with Crippen LogP contribution in [0.5, 0.6) is 0 Å². The van der Waals surface area contributed by atoms with Gasteiger partial charge in [-0.15, -0.1) is 0 Å². The van der Waals surface area contributed by atoms with E-state index in [-0.39, 0.29) is 6.54 Å². The lowest BCUT2D eigenvalue weighted by Crippen LogP contribution is -2.20. The fourth-order valence-electron chi connectivity index (χ4n) is 0.958. The van der Waals surface area contributed by atoms with Gasteiger partial charge in [-0.3, -0.25) is 0 Å². The quantitative estimate of drug-likeness (QED) is 0.536. The molecule has 0 bridgehead atoms. The van der Waals surface area contributed by atoms with Gasteiger partial charge < -0.3 is 5.43 Å². The molecule has 13 heavy (non-hydrogen) atoms. The lowest BCUT2D eigenvalue weighted by atomic mass is 10.2. The monoisotopic (exact) mass is 179 g/mol. The third kappa shape index (κ3) is 3.21. The summed E-state index contributed by atoms with van der Waals surface area (Å²) in [6.07, 6.45) is 0. The maximum Gasteiger partial charge on any atom is 0.106 e. The highest BCUT2D eigenvalue weighted by molar-refractivity contribution is 5.43. The Bertz CT molecular complexity index is 258. The molecule has 0 spiro atoms. The number of benzene rings is 1. The molecule has 0 saturated carbocycles. The van der Waals surface area contributed by atoms with E-state index >= 15 is 0 Å². The molecule has 0 aliphatic heterocycles. The van der Waals surface area contributed by atoms with Gasteiger partial charge in [0, 0.05) is 12.2 Å². The number of nitrogens with zero attached hydrogens (tertiary/aromatic N) is 1. The second kappa shape index (κ2) is 5.27. The molecular formula is C9H13N3O. The summed E-state index contributed by atoms with van der Waals surface area (Å²) in [5.41, 5.74) is 7.90. The van der Waals surface area contributed by atoms with E-state index in [1.807, 2.05) is 31.2 Å². The second-order valence-electron chi connectivity index (χ2n) is 2.64. The first-order valence-electron chi connectivity index (χ1n) is 4.23. The van der Waals surface area contributed by atoms with Gasteiger partial charge in [0.25, 0.3) is 0 Å². The zero-order valence-electron chi connectivity index (χ0n) is 7.58. The average Bonchev–Trinajstić information content (AvgIpc) is 2.17. The molecule has 1 aromatic carbocycles. The van der Waals surface area contributed by atoms with Gasteiger partial charge in [-0.1, -0.05) is 24.2 Å². The first kappa shape index (κ1) is 9.67. The largest absolute Gasteiger partial charge is 0.322 e. The van der Waals surface area contributed by atoms with E-state index < -0.39 is 0 Å². The van der Waals surface area contributed by atoms with Gasteiger partial charge in [-0.2, -0.15) is 4.91 Å². The van der Waals surface area contributed by atoms with Crippen LogP contribution in [0.2, 0.25) is 0 Å². The molecule has 4 nitrogen and oxygen atoms in total. The molecule has 0 aromatic heterocycles. The lowest BCUT2D eigenvalue weighted by Gasteiger charge is -2.05. The van der Waals surface area contributed by atoms with Crippen LogP contribution in [0.3, 0.4) is 0 Å². The van der Waals surface area contributed by atoms with Crippen LogP contribution in [0.15, 0.2) is 29.4 Å². The fourth-order valence-corrected chi connectivity index (χ4v) is 0.958. The minimum atomic E-state index is 0.238. The Morgan fingerprint density at radius 3 is 2.54 bits per heavy atom. The molecule has 0 fully saturated rings. The predicted octanol–water partition coefficient (Wildman–Crippen LogP) is 1.89. The highest BCUT2D eigenvalue weighted by atomic mass is 16.3. The zero-order chi connectivity index (χ0) is 9.52. The number of rotatable bonds is 5. The Morgan fingerprint density at radius 1 is 1.31 bits per heavy atom. The van der Waals surface area contributed by atoms with E-state index in [1.165, 1.54) is 0 Å². The number of hydrazine groups is 1. The minimum Gasteiger partial charge on any atom is -0.322 e. The van der Waals surface area contributed by atoms with Crippen LogP contribution in [0.4, 0.5) is 5.69 Å². The summed E-state index contributed by atoms with van der Waals surface area (Å²) in [7, 11) is 0. The van der Waals surface area contributed by atoms with Crippen molar-refractivity contribution >= 4 is 5.69 Å². The molecular weight excluding hydrogens is 166 g/mol. The van der Waals surface area contributed by atoms with E-state index in [4.69, 9.17) is 0 Å². The van der Waals surface area contributed by atoms with Crippen molar-refractivity contribution in [2.24, 2.45) is 5.18 Å². The molecule has 4 heteroatoms. The Morgan fingerprint density at radius 2 is 2.00 bits per heavy atom. The standard InChI is InChI=1S/C9H13N3O/c1-2-10-12-9-5-3-8(4-6-9)7-11-13/h3-6,10,12H,2,7H2,1H3. The molecule has 0 aliphatic rings. The van der Waals surface area contributed by atoms with Gasteiger partial charge in [-0.05, 0) is 17.7 Å². The molecule has 70 valence electrons. The van der Waals surface area contributed by atoms with Crippen LogP contribution in [0.1, 0.15) is 12.5 Å². The van der Waals surface area contributed by atoms with Gasteiger partial charge in [0.05, 0.1) is 0 Å². The van der Waals surface area contributed by atoms with Crippen LogP contribution in [0, 0.1) is 4.91 Å². The molecule has 0 saturated heterocycles. The Kier molecular flexibility index (Phi) is 3.92. The molecule has 0 atom stereocenters. The third-order valence-electron chi connectivity index (χ3n) is 1.61. The van der Waals surface area contributed by atoms with Crippen molar-refractivity contribution in [3.63, 3.8) is 0 Å². The van der Waals surface area contributed by atoms with E-state index in [0.717, 1.165) is 17.8 Å². The zero-order valence-corrected chi connectivity index (χ0v) is 7.58. The van der Waals surface area contributed by atoms with Gasteiger partial charge in [0.1, 0.15) is 6.54 Å². The SMILES string of the molecule is CCNNc1ccc(CN=O)cc1. The number of hydrogen-bond donors (Lipinski definition) is 2. The van der Waals surface area contributed by atoms with Crippen molar-refractivity contribution in [1.29, 1.82) is 0 Å². The average molecular weight is 179 g/mol. The van der Waals surface area contributed by atoms with Crippen molar-refractivity contribution in [3.05, 3.63) is 34.7 Å². The Labute approximate surface area is 77.3 Å². The maximum atomic E-state index is 9.95. The second-order valence-corrected chi connectivity index (χ2v) is 2.64. The van der Waals surface area contributed by atoms with E-state index in [0.29, 0.717) is 0 Å². The molecule has 1 aromatic rings. The van der Waals surface area contributed by atoms with E-state index in [1.54, 1.807) is 0 Å². The predicted molar refractivity (Wildman–Crippen MR) is 53.2 cm³/mol. The van der Waals surface area contributed by atoms with Crippen molar-refractivity contribution in [2.45, 2.75) is 13.5 Å². The van der Waals surface area contributed by atoms with E-state index in [9.17, 15) is 4.91 Å². The highest BCUT2D eigenvalue weighted by Gasteiger charge is 1.92. The molecule has 0 unspecified atom stereocenters. The smallest absolute Gasteiger partial charge is 0.106 e. The summed E-state index contributed by atoms with van der Waals surface area (Å²) in [4.78, 5) is 9.95. The van der Waals surface area contributed by atoms with Crippen LogP contribution < -0.4 is 10.9 Å². The number of hydrogen-bond acceptors (Lipinski definition) is 4. The fraction of sp³-hybridized carbons (Fsp3) is 0.333. The third-order valence-corrected chi connectivity index (χ3v) is 1.61.